The van der Waals surface area contributed by atoms with E-state index in [1.165, 1.54) is 122 Å². The van der Waals surface area contributed by atoms with Gasteiger partial charge in [0.05, 0.1) is 0 Å². The Labute approximate surface area is 282 Å². The molecule has 11 fully saturated rings. The molecular weight excluding hydrogens is 560 g/mol. The number of hydrogen-bond acceptors (Lipinski definition) is 4. The van der Waals surface area contributed by atoms with Crippen molar-refractivity contribution in [2.75, 3.05) is 0 Å². The van der Waals surface area contributed by atoms with E-state index in [9.17, 15) is 0 Å². The molecule has 11 aliphatic rings. The highest BCUT2D eigenvalue weighted by Gasteiger charge is 2.65. The van der Waals surface area contributed by atoms with E-state index in [2.05, 4.69) is 20.0 Å². The van der Waals surface area contributed by atoms with Gasteiger partial charge in [0.1, 0.15) is 0 Å². The third-order valence-corrected chi connectivity index (χ3v) is 18.2. The summed E-state index contributed by atoms with van der Waals surface area (Å²) in [5, 5.41) is 13.3. The second-order valence-electron chi connectivity index (χ2n) is 19.5. The maximum Gasteiger partial charge on any atom is 0.0296 e. The van der Waals surface area contributed by atoms with Gasteiger partial charge in [0.15, 0.2) is 0 Å². The molecule has 4 heteroatoms. The van der Waals surface area contributed by atoms with Gasteiger partial charge in [-0.3, -0.25) is 0 Å². The average molecular weight is 629 g/mol. The van der Waals surface area contributed by atoms with Crippen LogP contribution in [0.15, 0.2) is 0 Å². The van der Waals surface area contributed by atoms with Gasteiger partial charge in [-0.25, -0.2) is 20.0 Å². The highest BCUT2D eigenvalue weighted by molar-refractivity contribution is 5.15. The van der Waals surface area contributed by atoms with E-state index in [0.29, 0.717) is 0 Å². The molecule has 46 heavy (non-hydrogen) atoms. The quantitative estimate of drug-likeness (QED) is 0.265. The van der Waals surface area contributed by atoms with Crippen molar-refractivity contribution >= 4 is 0 Å². The van der Waals surface area contributed by atoms with E-state index in [0.717, 1.165) is 95.7 Å². The highest BCUT2D eigenvalue weighted by Crippen LogP contribution is 2.62. The zero-order chi connectivity index (χ0) is 29.9. The molecular formula is C42H68N4. The van der Waals surface area contributed by atoms with Gasteiger partial charge in [-0.2, -0.15) is 0 Å². The van der Waals surface area contributed by atoms with Gasteiger partial charge in [0, 0.05) is 48.3 Å². The molecule has 16 atom stereocenters. The molecule has 256 valence electrons. The topological polar surface area (TPSA) is 13.0 Å². The number of nitrogens with zero attached hydrogens (tertiary/aromatic N) is 4. The van der Waals surface area contributed by atoms with Crippen LogP contribution in [0.25, 0.3) is 0 Å². The lowest BCUT2D eigenvalue weighted by Crippen LogP contribution is -2.80. The third kappa shape index (κ3) is 4.23. The van der Waals surface area contributed by atoms with Crippen LogP contribution in [0.1, 0.15) is 167 Å². The van der Waals surface area contributed by atoms with Crippen molar-refractivity contribution < 1.29 is 0 Å². The van der Waals surface area contributed by atoms with E-state index in [1.54, 1.807) is 44.9 Å². The molecule has 4 aliphatic heterocycles. The predicted molar refractivity (Wildman–Crippen MR) is 186 cm³/mol. The van der Waals surface area contributed by atoms with Crippen LogP contribution in [-0.4, -0.2) is 68.4 Å². The lowest BCUT2D eigenvalue weighted by molar-refractivity contribution is -0.320. The normalized spacial score (nSPS) is 55.8. The Balaban J connectivity index is 1.02. The van der Waals surface area contributed by atoms with Gasteiger partial charge in [-0.05, 0) is 137 Å². The lowest BCUT2D eigenvalue weighted by atomic mass is 9.55. The molecule has 4 heterocycles. The third-order valence-electron chi connectivity index (χ3n) is 18.2. The van der Waals surface area contributed by atoms with E-state index in [-0.39, 0.29) is 0 Å². The minimum Gasteiger partial charge on any atom is -0.235 e. The molecule has 11 rings (SSSR count). The summed E-state index contributed by atoms with van der Waals surface area (Å²) in [6.07, 6.45) is 39.9. The summed E-state index contributed by atoms with van der Waals surface area (Å²) < 4.78 is 0. The summed E-state index contributed by atoms with van der Waals surface area (Å²) in [7, 11) is 0. The fourth-order valence-corrected chi connectivity index (χ4v) is 16.9. The summed E-state index contributed by atoms with van der Waals surface area (Å²) in [6.45, 7) is 0. The van der Waals surface area contributed by atoms with Gasteiger partial charge in [-0.15, -0.1) is 0 Å². The molecule has 7 aliphatic carbocycles. The first-order valence-electron chi connectivity index (χ1n) is 22.0. The molecule has 16 unspecified atom stereocenters. The van der Waals surface area contributed by atoms with Crippen LogP contribution in [0.4, 0.5) is 0 Å². The van der Waals surface area contributed by atoms with Crippen LogP contribution in [0.5, 0.6) is 0 Å². The summed E-state index contributed by atoms with van der Waals surface area (Å²) in [5.74, 6) is 8.07. The standard InChI is InChI=1S/C42H68N4/c1-7-19-35-27(13-1)29-15-3-9-21-37(29)45-41-26-42-34(25-33(41)31-17-5-11-23-39(31)43(35)45)32-18-6-12-24-40(32)44-36-20-8-2-14-28(36)30-16-4-10-22-38(30)46(42)44/h27-42H,1-26H2. The number of rotatable bonds is 0. The van der Waals surface area contributed by atoms with Crippen LogP contribution < -0.4 is 0 Å². The Morgan fingerprint density at radius 3 is 0.696 bits per heavy atom. The second-order valence-corrected chi connectivity index (χ2v) is 19.5. The van der Waals surface area contributed by atoms with Crippen molar-refractivity contribution in [3.8, 4) is 0 Å². The Morgan fingerprint density at radius 1 is 0.196 bits per heavy atom. The van der Waals surface area contributed by atoms with E-state index >= 15 is 0 Å². The van der Waals surface area contributed by atoms with E-state index in [4.69, 9.17) is 0 Å². The molecule has 0 N–H and O–H groups in total. The Hall–Kier alpha value is -0.160. The molecule has 0 aromatic heterocycles. The summed E-state index contributed by atoms with van der Waals surface area (Å²) in [6, 6.07) is 7.03. The Morgan fingerprint density at radius 2 is 0.413 bits per heavy atom. The monoisotopic (exact) mass is 629 g/mol. The molecule has 4 nitrogen and oxygen atoms in total. The zero-order valence-electron chi connectivity index (χ0n) is 29.4. The SMILES string of the molecule is C1CCC2C(C1)C1CCCCC1N1C3CC4C(CC3C3CCCCC3N21)C1CCCCC1N1C2CCCCC2C2CCCCC2N41. The van der Waals surface area contributed by atoms with Gasteiger partial charge < -0.3 is 0 Å². The van der Waals surface area contributed by atoms with Gasteiger partial charge in [0.25, 0.3) is 0 Å². The molecule has 0 bridgehead atoms. The van der Waals surface area contributed by atoms with Crippen molar-refractivity contribution in [2.24, 2.45) is 47.3 Å². The Bertz CT molecular complexity index is 1040. The van der Waals surface area contributed by atoms with Crippen LogP contribution in [0, 0.1) is 47.3 Å². The highest BCUT2D eigenvalue weighted by atomic mass is 15.7. The van der Waals surface area contributed by atoms with Crippen LogP contribution >= 0.6 is 0 Å². The average Bonchev–Trinajstić information content (AvgIpc) is 3.14. The van der Waals surface area contributed by atoms with Crippen molar-refractivity contribution in [1.29, 1.82) is 0 Å². The second kappa shape index (κ2) is 11.7. The fourth-order valence-electron chi connectivity index (χ4n) is 16.9. The van der Waals surface area contributed by atoms with E-state index < -0.39 is 0 Å². The van der Waals surface area contributed by atoms with Crippen molar-refractivity contribution in [2.45, 2.75) is 215 Å². The molecule has 7 saturated carbocycles. The molecule has 0 amide bonds. The van der Waals surface area contributed by atoms with Gasteiger partial charge >= 0.3 is 0 Å². The van der Waals surface area contributed by atoms with Gasteiger partial charge in [0.2, 0.25) is 0 Å². The Kier molecular flexibility index (Phi) is 7.52. The van der Waals surface area contributed by atoms with E-state index in [1.807, 2.05) is 0 Å². The minimum absolute atomic E-state index is 0.849. The first-order valence-corrected chi connectivity index (χ1v) is 22.0. The molecule has 0 aromatic rings. The summed E-state index contributed by atoms with van der Waals surface area (Å²) in [4.78, 5) is 0. The smallest absolute Gasteiger partial charge is 0.0296 e. The maximum atomic E-state index is 3.35. The number of hydrogen-bond donors (Lipinski definition) is 0. The van der Waals surface area contributed by atoms with Crippen LogP contribution in [0.3, 0.4) is 0 Å². The predicted octanol–water partition coefficient (Wildman–Crippen LogP) is 9.20. The first kappa shape index (κ1) is 29.6. The van der Waals surface area contributed by atoms with Crippen molar-refractivity contribution in [1.82, 2.24) is 20.0 Å². The summed E-state index contributed by atoms with van der Waals surface area (Å²) >= 11 is 0. The van der Waals surface area contributed by atoms with Crippen molar-refractivity contribution in [3.63, 3.8) is 0 Å². The van der Waals surface area contributed by atoms with Crippen molar-refractivity contribution in [3.05, 3.63) is 0 Å². The largest absolute Gasteiger partial charge is 0.235 e. The molecule has 0 aromatic carbocycles. The summed E-state index contributed by atoms with van der Waals surface area (Å²) in [5.41, 5.74) is 0. The van der Waals surface area contributed by atoms with Crippen LogP contribution in [-0.2, 0) is 0 Å². The molecule has 4 saturated heterocycles. The molecule has 0 spiro atoms. The zero-order valence-corrected chi connectivity index (χ0v) is 29.4. The number of hydrazine groups is 2. The lowest BCUT2D eigenvalue weighted by Gasteiger charge is -2.73. The first-order chi connectivity index (χ1) is 22.9. The molecule has 0 radical (unpaired) electrons. The van der Waals surface area contributed by atoms with Crippen LogP contribution in [0.2, 0.25) is 0 Å². The fraction of sp³-hybridized carbons (Fsp3) is 1.00. The number of fused-ring (bicyclic) bond motifs is 22. The maximum absolute atomic E-state index is 3.35. The van der Waals surface area contributed by atoms with Gasteiger partial charge in [-0.1, -0.05) is 77.0 Å². The minimum atomic E-state index is 0.849.